The fourth-order valence-electron chi connectivity index (χ4n) is 2.85. The zero-order chi connectivity index (χ0) is 15.5. The molecule has 4 heteroatoms. The summed E-state index contributed by atoms with van der Waals surface area (Å²) >= 11 is 0. The van der Waals surface area contributed by atoms with Gasteiger partial charge < -0.3 is 0 Å². The molecule has 0 saturated carbocycles. The van der Waals surface area contributed by atoms with Crippen molar-refractivity contribution in [3.05, 3.63) is 70.3 Å². The predicted octanol–water partition coefficient (Wildman–Crippen LogP) is 4.88. The standard InChI is InChI=1S/C19H18FNO.BrH/c1-13-16(12-15-7-3-5-9-18(15)21-13)19(22)11-10-14-6-2-4-8-17(14)20;/h2,4,6,8,10-12H,3,5,7,9H2,1H3;1H. The van der Waals surface area contributed by atoms with Crippen molar-refractivity contribution in [2.24, 2.45) is 0 Å². The van der Waals surface area contributed by atoms with Crippen LogP contribution in [0, 0.1) is 12.7 Å². The van der Waals surface area contributed by atoms with Crippen molar-refractivity contribution in [3.8, 4) is 0 Å². The first-order chi connectivity index (χ1) is 10.6. The maximum Gasteiger partial charge on any atom is 0.187 e. The van der Waals surface area contributed by atoms with E-state index in [0.29, 0.717) is 11.1 Å². The van der Waals surface area contributed by atoms with Gasteiger partial charge in [0.05, 0.1) is 0 Å². The lowest BCUT2D eigenvalue weighted by atomic mass is 9.93. The van der Waals surface area contributed by atoms with Crippen LogP contribution in [-0.2, 0) is 12.8 Å². The number of halogens is 2. The highest BCUT2D eigenvalue weighted by Gasteiger charge is 2.16. The molecule has 1 aliphatic rings. The van der Waals surface area contributed by atoms with E-state index in [1.165, 1.54) is 30.2 Å². The maximum atomic E-state index is 13.6. The molecule has 1 aliphatic carbocycles. The molecule has 0 atom stereocenters. The Hall–Kier alpha value is -1.81. The zero-order valence-electron chi connectivity index (χ0n) is 13.0. The van der Waals surface area contributed by atoms with Gasteiger partial charge in [-0.05, 0) is 62.5 Å². The van der Waals surface area contributed by atoms with Gasteiger partial charge in [0.15, 0.2) is 5.78 Å². The number of aryl methyl sites for hydroxylation is 3. The van der Waals surface area contributed by atoms with Gasteiger partial charge >= 0.3 is 0 Å². The van der Waals surface area contributed by atoms with Gasteiger partial charge in [-0.1, -0.05) is 18.2 Å². The maximum absolute atomic E-state index is 13.6. The van der Waals surface area contributed by atoms with Crippen LogP contribution in [0.25, 0.3) is 6.08 Å². The van der Waals surface area contributed by atoms with E-state index in [-0.39, 0.29) is 28.6 Å². The normalized spacial score (nSPS) is 13.5. The quantitative estimate of drug-likeness (QED) is 0.565. The topological polar surface area (TPSA) is 30.0 Å². The van der Waals surface area contributed by atoms with Crippen LogP contribution in [0.1, 0.15) is 45.7 Å². The largest absolute Gasteiger partial charge is 0.289 e. The summed E-state index contributed by atoms with van der Waals surface area (Å²) in [6.45, 7) is 1.86. The van der Waals surface area contributed by atoms with Crippen LogP contribution in [0.2, 0.25) is 0 Å². The lowest BCUT2D eigenvalue weighted by Crippen LogP contribution is -2.10. The van der Waals surface area contributed by atoms with Crippen molar-refractivity contribution in [3.63, 3.8) is 0 Å². The lowest BCUT2D eigenvalue weighted by Gasteiger charge is -2.16. The molecule has 1 aromatic carbocycles. The lowest BCUT2D eigenvalue weighted by molar-refractivity contribution is 0.104. The first kappa shape index (κ1) is 17.5. The Labute approximate surface area is 146 Å². The van der Waals surface area contributed by atoms with Gasteiger partial charge in [0.2, 0.25) is 0 Å². The minimum Gasteiger partial charge on any atom is -0.289 e. The minimum absolute atomic E-state index is 0. The van der Waals surface area contributed by atoms with Crippen LogP contribution < -0.4 is 0 Å². The van der Waals surface area contributed by atoms with Crippen LogP contribution in [0.15, 0.2) is 36.4 Å². The van der Waals surface area contributed by atoms with E-state index in [4.69, 9.17) is 0 Å². The van der Waals surface area contributed by atoms with Gasteiger partial charge in [-0.25, -0.2) is 4.39 Å². The molecular formula is C19H19BrFNO. The number of benzene rings is 1. The Morgan fingerprint density at radius 3 is 2.74 bits per heavy atom. The third kappa shape index (κ3) is 3.94. The molecule has 2 nitrogen and oxygen atoms in total. The first-order valence-electron chi connectivity index (χ1n) is 7.61. The number of carbonyl (C=O) groups is 1. The van der Waals surface area contributed by atoms with Gasteiger partial charge in [0.25, 0.3) is 0 Å². The molecule has 0 fully saturated rings. The Balaban J connectivity index is 0.00000192. The monoisotopic (exact) mass is 375 g/mol. The van der Waals surface area contributed by atoms with Gasteiger partial charge in [-0.3, -0.25) is 9.78 Å². The number of carbonyl (C=O) groups excluding carboxylic acids is 1. The molecule has 0 spiro atoms. The van der Waals surface area contributed by atoms with E-state index in [0.717, 1.165) is 30.7 Å². The molecule has 0 unspecified atom stereocenters. The summed E-state index contributed by atoms with van der Waals surface area (Å²) in [5.41, 5.74) is 4.09. The molecule has 2 aromatic rings. The van der Waals surface area contributed by atoms with E-state index < -0.39 is 0 Å². The second-order valence-electron chi connectivity index (χ2n) is 5.65. The van der Waals surface area contributed by atoms with Crippen molar-refractivity contribution in [2.75, 3.05) is 0 Å². The molecule has 3 rings (SSSR count). The molecule has 0 bridgehead atoms. The van der Waals surface area contributed by atoms with Crippen LogP contribution in [0.5, 0.6) is 0 Å². The third-order valence-corrected chi connectivity index (χ3v) is 4.08. The SMILES string of the molecule is Br.Cc1nc2c(cc1C(=O)C=Cc1ccccc1F)CCCC2. The van der Waals surface area contributed by atoms with E-state index in [1.807, 2.05) is 13.0 Å². The van der Waals surface area contributed by atoms with E-state index in [1.54, 1.807) is 18.2 Å². The molecule has 0 radical (unpaired) electrons. The Kier molecular flexibility index (Phi) is 5.83. The van der Waals surface area contributed by atoms with Crippen molar-refractivity contribution >= 4 is 28.8 Å². The second kappa shape index (κ2) is 7.64. The van der Waals surface area contributed by atoms with Crippen molar-refractivity contribution in [2.45, 2.75) is 32.6 Å². The van der Waals surface area contributed by atoms with Crippen LogP contribution in [0.3, 0.4) is 0 Å². The summed E-state index contributed by atoms with van der Waals surface area (Å²) in [6, 6.07) is 8.38. The number of nitrogens with zero attached hydrogens (tertiary/aromatic N) is 1. The summed E-state index contributed by atoms with van der Waals surface area (Å²) in [5, 5.41) is 0. The van der Waals surface area contributed by atoms with Crippen molar-refractivity contribution in [1.29, 1.82) is 0 Å². The number of pyridine rings is 1. The molecule has 0 N–H and O–H groups in total. The Bertz CT molecular complexity index is 755. The summed E-state index contributed by atoms with van der Waals surface area (Å²) in [6.07, 6.45) is 7.25. The fraction of sp³-hybridized carbons (Fsp3) is 0.263. The van der Waals surface area contributed by atoms with Gasteiger partial charge in [-0.15, -0.1) is 17.0 Å². The van der Waals surface area contributed by atoms with E-state index in [9.17, 15) is 9.18 Å². The van der Waals surface area contributed by atoms with E-state index in [2.05, 4.69) is 4.98 Å². The number of rotatable bonds is 3. The smallest absolute Gasteiger partial charge is 0.187 e. The summed E-state index contributed by atoms with van der Waals surface area (Å²) in [7, 11) is 0. The minimum atomic E-state index is -0.327. The Morgan fingerprint density at radius 1 is 1.22 bits per heavy atom. The highest BCUT2D eigenvalue weighted by atomic mass is 79.9. The van der Waals surface area contributed by atoms with Gasteiger partial charge in [0.1, 0.15) is 5.82 Å². The summed E-state index contributed by atoms with van der Waals surface area (Å²) in [4.78, 5) is 17.0. The van der Waals surface area contributed by atoms with Crippen LogP contribution in [0.4, 0.5) is 4.39 Å². The number of aromatic nitrogens is 1. The molecule has 0 aliphatic heterocycles. The second-order valence-corrected chi connectivity index (χ2v) is 5.65. The van der Waals surface area contributed by atoms with Crippen LogP contribution in [-0.4, -0.2) is 10.8 Å². The number of hydrogen-bond acceptors (Lipinski definition) is 2. The molecular weight excluding hydrogens is 357 g/mol. The zero-order valence-corrected chi connectivity index (χ0v) is 14.7. The molecule has 120 valence electrons. The number of allylic oxidation sites excluding steroid dienone is 1. The summed E-state index contributed by atoms with van der Waals surface area (Å²) in [5.74, 6) is -0.450. The fourth-order valence-corrected chi connectivity index (χ4v) is 2.85. The van der Waals surface area contributed by atoms with E-state index >= 15 is 0 Å². The molecule has 1 heterocycles. The Morgan fingerprint density at radius 2 is 1.96 bits per heavy atom. The van der Waals surface area contributed by atoms with Crippen LogP contribution >= 0.6 is 17.0 Å². The predicted molar refractivity (Wildman–Crippen MR) is 95.7 cm³/mol. The van der Waals surface area contributed by atoms with Crippen molar-refractivity contribution < 1.29 is 9.18 Å². The number of hydrogen-bond donors (Lipinski definition) is 0. The average Bonchev–Trinajstić information content (AvgIpc) is 2.53. The number of fused-ring (bicyclic) bond motifs is 1. The molecule has 0 amide bonds. The molecule has 23 heavy (non-hydrogen) atoms. The highest BCUT2D eigenvalue weighted by molar-refractivity contribution is 8.93. The molecule has 0 saturated heterocycles. The highest BCUT2D eigenvalue weighted by Crippen LogP contribution is 2.22. The first-order valence-corrected chi connectivity index (χ1v) is 7.61. The molecule has 1 aromatic heterocycles. The number of ketones is 1. The average molecular weight is 376 g/mol. The van der Waals surface area contributed by atoms with Gasteiger partial charge in [0, 0.05) is 22.5 Å². The summed E-state index contributed by atoms with van der Waals surface area (Å²) < 4.78 is 13.6. The third-order valence-electron chi connectivity index (χ3n) is 4.08. The van der Waals surface area contributed by atoms with Crippen molar-refractivity contribution in [1.82, 2.24) is 4.98 Å². The van der Waals surface area contributed by atoms with Gasteiger partial charge in [-0.2, -0.15) is 0 Å².